The van der Waals surface area contributed by atoms with E-state index < -0.39 is 0 Å². The monoisotopic (exact) mass is 169 g/mol. The lowest BCUT2D eigenvalue weighted by atomic mass is 10.1. The quantitative estimate of drug-likeness (QED) is 0.458. The molecule has 0 heterocycles. The van der Waals surface area contributed by atoms with E-state index in [0.29, 0.717) is 12.1 Å². The minimum Gasteiger partial charge on any atom is -0.399 e. The Morgan fingerprint density at radius 1 is 1.45 bits per heavy atom. The summed E-state index contributed by atoms with van der Waals surface area (Å²) in [5.74, 6) is 0. The fourth-order valence-corrected chi connectivity index (χ4v) is 1.25. The molecule has 0 atom stereocenters. The lowest BCUT2D eigenvalue weighted by Gasteiger charge is -2.02. The van der Waals surface area contributed by atoms with Crippen LogP contribution in [0.3, 0.4) is 0 Å². The molecule has 0 saturated heterocycles. The summed E-state index contributed by atoms with van der Waals surface area (Å²) in [5, 5.41) is 8.65. The van der Waals surface area contributed by atoms with Gasteiger partial charge in [-0.25, -0.2) is 0 Å². The molecule has 0 fully saturated rings. The van der Waals surface area contributed by atoms with Crippen LogP contribution in [0.15, 0.2) is 23.1 Å². The largest absolute Gasteiger partial charge is 0.399 e. The maximum absolute atomic E-state index is 8.65. The van der Waals surface area contributed by atoms with Crippen molar-refractivity contribution in [1.82, 2.24) is 0 Å². The zero-order chi connectivity index (χ0) is 8.27. The van der Waals surface area contributed by atoms with Gasteiger partial charge in [0, 0.05) is 17.2 Å². The minimum atomic E-state index is 0.150. The third-order valence-electron chi connectivity index (χ3n) is 1.49. The van der Waals surface area contributed by atoms with E-state index >= 15 is 0 Å². The Hall–Kier alpha value is -0.670. The highest BCUT2D eigenvalue weighted by atomic mass is 32.1. The highest BCUT2D eigenvalue weighted by molar-refractivity contribution is 7.80. The molecule has 0 radical (unpaired) electrons. The number of nitrogens with two attached hydrogens (primary N) is 1. The molecule has 0 unspecified atom stereocenters. The number of nitrogen functional groups attached to an aromatic ring is 1. The molecule has 1 rings (SSSR count). The molecule has 2 nitrogen and oxygen atoms in total. The van der Waals surface area contributed by atoms with Crippen molar-refractivity contribution >= 4 is 18.3 Å². The smallest absolute Gasteiger partial charge is 0.0471 e. The first kappa shape index (κ1) is 8.43. The van der Waals surface area contributed by atoms with Gasteiger partial charge in [-0.05, 0) is 24.1 Å². The normalized spacial score (nSPS) is 10.0. The van der Waals surface area contributed by atoms with Crippen molar-refractivity contribution in [1.29, 1.82) is 0 Å². The predicted octanol–water partition coefficient (Wildman–Crippen LogP) is 1.09. The van der Waals surface area contributed by atoms with Crippen molar-refractivity contribution in [3.8, 4) is 0 Å². The Balaban J connectivity index is 2.90. The van der Waals surface area contributed by atoms with Gasteiger partial charge in [-0.2, -0.15) is 0 Å². The molecule has 3 N–H and O–H groups in total. The number of thiol groups is 1. The van der Waals surface area contributed by atoms with E-state index in [0.717, 1.165) is 10.5 Å². The number of aliphatic hydroxyl groups is 1. The third kappa shape index (κ3) is 2.13. The van der Waals surface area contributed by atoms with Crippen LogP contribution in [0.1, 0.15) is 5.56 Å². The number of aliphatic hydroxyl groups excluding tert-OH is 1. The summed E-state index contributed by atoms with van der Waals surface area (Å²) in [4.78, 5) is 0.846. The number of rotatable bonds is 2. The Morgan fingerprint density at radius 2 is 2.18 bits per heavy atom. The molecule has 1 aromatic rings. The van der Waals surface area contributed by atoms with Gasteiger partial charge in [0.1, 0.15) is 0 Å². The average molecular weight is 169 g/mol. The van der Waals surface area contributed by atoms with Gasteiger partial charge in [-0.3, -0.25) is 0 Å². The molecular weight excluding hydrogens is 158 g/mol. The van der Waals surface area contributed by atoms with Crippen molar-refractivity contribution in [2.75, 3.05) is 12.3 Å². The Kier molecular flexibility index (Phi) is 2.79. The van der Waals surface area contributed by atoms with E-state index in [2.05, 4.69) is 12.6 Å². The highest BCUT2D eigenvalue weighted by Gasteiger charge is 1.97. The number of benzene rings is 1. The van der Waals surface area contributed by atoms with Crippen molar-refractivity contribution < 1.29 is 5.11 Å². The van der Waals surface area contributed by atoms with E-state index in [1.165, 1.54) is 0 Å². The summed E-state index contributed by atoms with van der Waals surface area (Å²) in [7, 11) is 0. The Bertz CT molecular complexity index is 250. The molecule has 11 heavy (non-hydrogen) atoms. The van der Waals surface area contributed by atoms with Gasteiger partial charge in [-0.1, -0.05) is 6.07 Å². The molecule has 0 aromatic heterocycles. The second-order valence-electron chi connectivity index (χ2n) is 2.36. The van der Waals surface area contributed by atoms with E-state index in [1.807, 2.05) is 12.1 Å². The molecule has 0 aliphatic rings. The van der Waals surface area contributed by atoms with Crippen LogP contribution in [0, 0.1) is 0 Å². The molecule has 3 heteroatoms. The first-order chi connectivity index (χ1) is 5.24. The zero-order valence-electron chi connectivity index (χ0n) is 6.12. The van der Waals surface area contributed by atoms with Crippen molar-refractivity contribution in [3.63, 3.8) is 0 Å². The predicted molar refractivity (Wildman–Crippen MR) is 48.9 cm³/mol. The van der Waals surface area contributed by atoms with Gasteiger partial charge >= 0.3 is 0 Å². The van der Waals surface area contributed by atoms with E-state index in [-0.39, 0.29) is 6.61 Å². The van der Waals surface area contributed by atoms with Crippen LogP contribution in [-0.2, 0) is 6.42 Å². The molecule has 0 amide bonds. The summed E-state index contributed by atoms with van der Waals surface area (Å²) in [6.07, 6.45) is 0.638. The Labute approximate surface area is 71.5 Å². The van der Waals surface area contributed by atoms with Gasteiger partial charge in [0.05, 0.1) is 0 Å². The van der Waals surface area contributed by atoms with Crippen molar-refractivity contribution in [2.45, 2.75) is 11.3 Å². The summed E-state index contributed by atoms with van der Waals surface area (Å²) < 4.78 is 0. The van der Waals surface area contributed by atoms with Gasteiger partial charge in [0.25, 0.3) is 0 Å². The summed E-state index contributed by atoms with van der Waals surface area (Å²) in [6, 6.07) is 5.48. The Morgan fingerprint density at radius 3 is 2.73 bits per heavy atom. The van der Waals surface area contributed by atoms with E-state index in [4.69, 9.17) is 10.8 Å². The fraction of sp³-hybridized carbons (Fsp3) is 0.250. The zero-order valence-corrected chi connectivity index (χ0v) is 7.01. The lowest BCUT2D eigenvalue weighted by molar-refractivity contribution is 0.299. The van der Waals surface area contributed by atoms with Crippen molar-refractivity contribution in [2.24, 2.45) is 0 Å². The van der Waals surface area contributed by atoms with Gasteiger partial charge < -0.3 is 10.8 Å². The number of hydrogen-bond donors (Lipinski definition) is 3. The lowest BCUT2D eigenvalue weighted by Crippen LogP contribution is -1.93. The summed E-state index contributed by atoms with van der Waals surface area (Å²) in [6.45, 7) is 0.150. The second kappa shape index (κ2) is 3.64. The molecule has 0 aliphatic carbocycles. The topological polar surface area (TPSA) is 46.2 Å². The van der Waals surface area contributed by atoms with Crippen molar-refractivity contribution in [3.05, 3.63) is 23.8 Å². The van der Waals surface area contributed by atoms with Gasteiger partial charge in [0.2, 0.25) is 0 Å². The van der Waals surface area contributed by atoms with Gasteiger partial charge in [-0.15, -0.1) is 12.6 Å². The van der Waals surface area contributed by atoms with E-state index in [9.17, 15) is 0 Å². The first-order valence-electron chi connectivity index (χ1n) is 3.42. The number of anilines is 1. The molecule has 60 valence electrons. The van der Waals surface area contributed by atoms with Crippen LogP contribution >= 0.6 is 12.6 Å². The molecule has 0 spiro atoms. The second-order valence-corrected chi connectivity index (χ2v) is 2.84. The first-order valence-corrected chi connectivity index (χ1v) is 3.87. The maximum atomic E-state index is 8.65. The molecule has 0 bridgehead atoms. The van der Waals surface area contributed by atoms with Crippen LogP contribution in [0.4, 0.5) is 5.69 Å². The summed E-state index contributed by atoms with van der Waals surface area (Å²) >= 11 is 4.21. The maximum Gasteiger partial charge on any atom is 0.0471 e. The standard InChI is InChI=1S/C8H11NOS/c9-7-2-1-6(3-4-10)8(11)5-7/h1-2,5,10-11H,3-4,9H2. The third-order valence-corrected chi connectivity index (χ3v) is 1.91. The average Bonchev–Trinajstić information content (AvgIpc) is 1.95. The van der Waals surface area contributed by atoms with Crippen LogP contribution in [0.5, 0.6) is 0 Å². The van der Waals surface area contributed by atoms with Crippen LogP contribution in [0.25, 0.3) is 0 Å². The van der Waals surface area contributed by atoms with Crippen LogP contribution in [0.2, 0.25) is 0 Å². The SMILES string of the molecule is Nc1ccc(CCO)c(S)c1. The summed E-state index contributed by atoms with van der Waals surface area (Å²) in [5.41, 5.74) is 7.25. The molecular formula is C8H11NOS. The minimum absolute atomic E-state index is 0.150. The van der Waals surface area contributed by atoms with Gasteiger partial charge in [0.15, 0.2) is 0 Å². The number of hydrogen-bond acceptors (Lipinski definition) is 3. The van der Waals surface area contributed by atoms with E-state index in [1.54, 1.807) is 6.07 Å². The molecule has 0 saturated carbocycles. The van der Waals surface area contributed by atoms with Crippen LogP contribution < -0.4 is 5.73 Å². The van der Waals surface area contributed by atoms with Crippen LogP contribution in [-0.4, -0.2) is 11.7 Å². The fourth-order valence-electron chi connectivity index (χ4n) is 0.913. The molecule has 0 aliphatic heterocycles. The molecule has 1 aromatic carbocycles. The highest BCUT2D eigenvalue weighted by Crippen LogP contribution is 2.17.